The number of likely N-dealkylation sites (tertiary alicyclic amines) is 1. The summed E-state index contributed by atoms with van der Waals surface area (Å²) in [6.07, 6.45) is 10.7. The van der Waals surface area contributed by atoms with Gasteiger partial charge in [-0.3, -0.25) is 39.4 Å². The van der Waals surface area contributed by atoms with E-state index in [1.54, 1.807) is 17.3 Å². The average molecular weight is 1080 g/mol. The highest BCUT2D eigenvalue weighted by Gasteiger charge is 2.41. The van der Waals surface area contributed by atoms with Gasteiger partial charge >= 0.3 is 0 Å². The standard InChI is InChI=1S/C59H75N11O9/c1-42(61-55(73)45-11-7-12-47(38-45)64-59(21-25-67(2)26-22-59)58-63-54(65-66-58)43-19-23-60-24-20-43)44-10-8-13-49(40-44)79-33-6-4-3-5-31-76-34-36-78-37-35-77-32-9-14-53(72)69-29-27-68(28-30-69)48-15-16-50-46(39-48)41-70(57(50)75)51-17-18-52(71)62-56(51)74/h7-8,10-13,15-16,19-20,23-24,38-40,42,51,64H,3-6,9,14,17-18,21-22,25-37,41H2,1-2H3,(H,61,73)(H,62,71,74)(H,63,65,66)/t42-,51?/m1/s1. The van der Waals surface area contributed by atoms with Gasteiger partial charge in [0.2, 0.25) is 17.7 Å². The molecule has 4 aliphatic heterocycles. The van der Waals surface area contributed by atoms with E-state index in [0.717, 1.165) is 91.3 Å². The number of hydrogen-bond acceptors (Lipinski definition) is 15. The van der Waals surface area contributed by atoms with Gasteiger partial charge < -0.3 is 49.2 Å². The number of amides is 5. The number of aromatic amines is 1. The molecule has 0 aliphatic carbocycles. The van der Waals surface area contributed by atoms with Gasteiger partial charge in [0, 0.05) is 112 Å². The number of imide groups is 1. The highest BCUT2D eigenvalue weighted by Crippen LogP contribution is 2.36. The van der Waals surface area contributed by atoms with Crippen LogP contribution >= 0.6 is 0 Å². The van der Waals surface area contributed by atoms with E-state index in [1.807, 2.05) is 90.7 Å². The lowest BCUT2D eigenvalue weighted by Gasteiger charge is -2.40. The van der Waals surface area contributed by atoms with Crippen molar-refractivity contribution >= 4 is 40.9 Å². The van der Waals surface area contributed by atoms with Crippen molar-refractivity contribution in [3.05, 3.63) is 119 Å². The van der Waals surface area contributed by atoms with E-state index in [0.29, 0.717) is 115 Å². The molecule has 0 saturated carbocycles. The van der Waals surface area contributed by atoms with Crippen LogP contribution in [0, 0.1) is 0 Å². The minimum Gasteiger partial charge on any atom is -0.494 e. The topological polar surface area (TPSA) is 226 Å². The number of ether oxygens (including phenoxy) is 4. The molecule has 79 heavy (non-hydrogen) atoms. The van der Waals surface area contributed by atoms with Gasteiger partial charge in [-0.1, -0.05) is 24.6 Å². The maximum atomic E-state index is 13.6. The molecule has 0 radical (unpaired) electrons. The van der Waals surface area contributed by atoms with Crippen LogP contribution in [0.15, 0.2) is 91.3 Å². The summed E-state index contributed by atoms with van der Waals surface area (Å²) in [4.78, 5) is 80.7. The number of hydrogen-bond donors (Lipinski definition) is 4. The Balaban J connectivity index is 0.576. The third kappa shape index (κ3) is 15.1. The second kappa shape index (κ2) is 27.6. The average Bonchev–Trinajstić information content (AvgIpc) is 4.28. The van der Waals surface area contributed by atoms with Gasteiger partial charge in [0.1, 0.15) is 11.8 Å². The normalized spacial score (nSPS) is 17.8. The van der Waals surface area contributed by atoms with Crippen molar-refractivity contribution in [2.24, 2.45) is 0 Å². The number of fused-ring (bicyclic) bond motifs is 1. The predicted molar refractivity (Wildman–Crippen MR) is 297 cm³/mol. The van der Waals surface area contributed by atoms with E-state index in [1.165, 1.54) is 0 Å². The molecule has 2 aromatic heterocycles. The van der Waals surface area contributed by atoms with Crippen molar-refractivity contribution in [1.29, 1.82) is 0 Å². The van der Waals surface area contributed by atoms with Crippen molar-refractivity contribution in [2.75, 3.05) is 103 Å². The molecule has 3 aromatic carbocycles. The minimum atomic E-state index is -0.638. The number of piperazine rings is 1. The number of nitrogens with zero attached hydrogens (tertiary/aromatic N) is 7. The number of nitrogens with one attached hydrogen (secondary N) is 4. The maximum absolute atomic E-state index is 13.6. The summed E-state index contributed by atoms with van der Waals surface area (Å²) >= 11 is 0. The molecule has 0 bridgehead atoms. The molecule has 3 fully saturated rings. The Bertz CT molecular complexity index is 2850. The number of pyridine rings is 1. The minimum absolute atomic E-state index is 0.118. The summed E-state index contributed by atoms with van der Waals surface area (Å²) in [7, 11) is 2.12. The molecule has 20 nitrogen and oxygen atoms in total. The van der Waals surface area contributed by atoms with Crippen molar-refractivity contribution < 1.29 is 42.9 Å². The summed E-state index contributed by atoms with van der Waals surface area (Å²) in [6.45, 7) is 10.4. The SMILES string of the molecule is C[C@@H](NC(=O)c1cccc(NC2(c3nc(-c4ccncc4)n[nH]3)CCN(C)CC2)c1)c1cccc(OCCCCCCOCCOCCOCCCC(=O)N2CCN(c3ccc4c(c3)CN(C3CCC(=O)NC3=O)C4=O)CC2)c1. The number of carbonyl (C=O) groups excluding carboxylic acids is 5. The van der Waals surface area contributed by atoms with Crippen molar-refractivity contribution in [3.63, 3.8) is 0 Å². The summed E-state index contributed by atoms with van der Waals surface area (Å²) in [5, 5.41) is 17.0. The van der Waals surface area contributed by atoms with E-state index in [9.17, 15) is 24.0 Å². The molecule has 1 unspecified atom stereocenters. The Labute approximate surface area is 462 Å². The van der Waals surface area contributed by atoms with Gasteiger partial charge in [0.25, 0.3) is 11.8 Å². The second-order valence-corrected chi connectivity index (χ2v) is 20.9. The van der Waals surface area contributed by atoms with E-state index in [4.69, 9.17) is 23.9 Å². The van der Waals surface area contributed by atoms with Gasteiger partial charge in [-0.25, -0.2) is 4.98 Å². The summed E-state index contributed by atoms with van der Waals surface area (Å²) in [5.74, 6) is 1.23. The van der Waals surface area contributed by atoms with Gasteiger partial charge in [-0.05, 0) is 131 Å². The number of anilines is 2. The second-order valence-electron chi connectivity index (χ2n) is 20.9. The largest absolute Gasteiger partial charge is 0.494 e. The van der Waals surface area contributed by atoms with Crippen molar-refractivity contribution in [3.8, 4) is 17.1 Å². The quantitative estimate of drug-likeness (QED) is 0.0336. The lowest BCUT2D eigenvalue weighted by Crippen LogP contribution is -2.52. The molecule has 0 spiro atoms. The van der Waals surface area contributed by atoms with Crippen LogP contribution < -0.4 is 25.6 Å². The maximum Gasteiger partial charge on any atom is 0.255 e. The van der Waals surface area contributed by atoms with Gasteiger partial charge in [0.05, 0.1) is 44.6 Å². The van der Waals surface area contributed by atoms with Crippen LogP contribution in [0.4, 0.5) is 11.4 Å². The summed E-state index contributed by atoms with van der Waals surface area (Å²) in [5.41, 5.74) is 5.23. The molecule has 2 atom stereocenters. The number of H-pyrrole nitrogens is 1. The predicted octanol–water partition coefficient (Wildman–Crippen LogP) is 6.27. The molecule has 20 heteroatoms. The van der Waals surface area contributed by atoms with Crippen molar-refractivity contribution in [1.82, 2.24) is 45.5 Å². The van der Waals surface area contributed by atoms with E-state index < -0.39 is 17.5 Å². The first-order valence-corrected chi connectivity index (χ1v) is 28.0. The number of carbonyl (C=O) groups is 5. The van der Waals surface area contributed by atoms with Crippen LogP contribution in [0.1, 0.15) is 115 Å². The number of rotatable bonds is 27. The van der Waals surface area contributed by atoms with Crippen LogP contribution in [0.5, 0.6) is 5.75 Å². The zero-order valence-electron chi connectivity index (χ0n) is 45.6. The fourth-order valence-electron chi connectivity index (χ4n) is 10.6. The highest BCUT2D eigenvalue weighted by atomic mass is 16.5. The Morgan fingerprint density at radius 1 is 0.785 bits per heavy atom. The Hall–Kier alpha value is -7.26. The first-order chi connectivity index (χ1) is 38.5. The third-order valence-electron chi connectivity index (χ3n) is 15.3. The van der Waals surface area contributed by atoms with E-state index >= 15 is 0 Å². The monoisotopic (exact) mass is 1080 g/mol. The first-order valence-electron chi connectivity index (χ1n) is 28.0. The Kier molecular flexibility index (Phi) is 19.7. The van der Waals surface area contributed by atoms with Gasteiger partial charge in [-0.2, -0.15) is 5.10 Å². The molecule has 5 aromatic rings. The molecule has 4 N–H and O–H groups in total. The van der Waals surface area contributed by atoms with Gasteiger partial charge in [-0.15, -0.1) is 0 Å². The summed E-state index contributed by atoms with van der Waals surface area (Å²) in [6, 6.07) is 24.2. The fraction of sp³-hybridized carbons (Fsp3) is 0.492. The number of benzene rings is 3. The molecule has 6 heterocycles. The first kappa shape index (κ1) is 56.5. The molecular weight excluding hydrogens is 1010 g/mol. The zero-order chi connectivity index (χ0) is 55.0. The Morgan fingerprint density at radius 2 is 1.51 bits per heavy atom. The smallest absolute Gasteiger partial charge is 0.255 e. The molecule has 4 aliphatic rings. The summed E-state index contributed by atoms with van der Waals surface area (Å²) < 4.78 is 23.3. The molecular formula is C59H75N11O9. The zero-order valence-corrected chi connectivity index (χ0v) is 45.6. The lowest BCUT2D eigenvalue weighted by molar-refractivity contribution is -0.137. The lowest BCUT2D eigenvalue weighted by atomic mass is 9.86. The van der Waals surface area contributed by atoms with E-state index in [2.05, 4.69) is 48.0 Å². The highest BCUT2D eigenvalue weighted by molar-refractivity contribution is 6.05. The van der Waals surface area contributed by atoms with Crippen LogP contribution in [-0.4, -0.2) is 163 Å². The van der Waals surface area contributed by atoms with Crippen LogP contribution in [0.3, 0.4) is 0 Å². The molecule has 3 saturated heterocycles. The van der Waals surface area contributed by atoms with Crippen LogP contribution in [-0.2, 0) is 40.7 Å². The van der Waals surface area contributed by atoms with Crippen LogP contribution in [0.2, 0.25) is 0 Å². The molecule has 420 valence electrons. The van der Waals surface area contributed by atoms with Crippen molar-refractivity contribution in [2.45, 2.75) is 95.3 Å². The number of piperidine rings is 2. The van der Waals surface area contributed by atoms with Gasteiger partial charge in [0.15, 0.2) is 11.6 Å². The fourth-order valence-corrected chi connectivity index (χ4v) is 10.6. The molecule has 9 rings (SSSR count). The number of unbranched alkanes of at least 4 members (excludes halogenated alkanes) is 3. The molecule has 5 amide bonds. The number of aromatic nitrogens is 4. The van der Waals surface area contributed by atoms with Crippen LogP contribution in [0.25, 0.3) is 11.4 Å². The third-order valence-corrected chi connectivity index (χ3v) is 15.3. The van der Waals surface area contributed by atoms with E-state index in [-0.39, 0.29) is 36.1 Å². The Morgan fingerprint density at radius 3 is 2.27 bits per heavy atom.